The van der Waals surface area contributed by atoms with Crippen molar-refractivity contribution < 1.29 is 14.3 Å². The van der Waals surface area contributed by atoms with Crippen molar-refractivity contribution in [1.29, 1.82) is 0 Å². The van der Waals surface area contributed by atoms with Gasteiger partial charge in [-0.3, -0.25) is 14.2 Å². The molecule has 1 fully saturated rings. The zero-order valence-corrected chi connectivity index (χ0v) is 16.1. The Morgan fingerprint density at radius 2 is 1.75 bits per heavy atom. The molecule has 6 heteroatoms. The molecule has 2 aromatic carbocycles. The van der Waals surface area contributed by atoms with E-state index in [2.05, 4.69) is 10.2 Å². The minimum Gasteiger partial charge on any atom is -0.497 e. The minimum atomic E-state index is -0.257. The van der Waals surface area contributed by atoms with Crippen molar-refractivity contribution >= 4 is 34.1 Å². The number of methoxy groups -OCH3 is 1. The number of benzene rings is 2. The van der Waals surface area contributed by atoms with Gasteiger partial charge >= 0.3 is 0 Å². The highest BCUT2D eigenvalue weighted by atomic mass is 16.5. The lowest BCUT2D eigenvalue weighted by molar-refractivity contribution is 0.0941. The molecule has 0 bridgehead atoms. The van der Waals surface area contributed by atoms with E-state index in [1.165, 1.54) is 30.0 Å². The smallest absolute Gasteiger partial charge is 0.257 e. The van der Waals surface area contributed by atoms with E-state index in [0.717, 1.165) is 18.8 Å². The third-order valence-corrected chi connectivity index (χ3v) is 5.19. The zero-order chi connectivity index (χ0) is 19.7. The van der Waals surface area contributed by atoms with Crippen molar-refractivity contribution in [3.63, 3.8) is 0 Å². The molecule has 1 saturated heterocycles. The van der Waals surface area contributed by atoms with Crippen LogP contribution < -0.4 is 15.0 Å². The lowest BCUT2D eigenvalue weighted by Crippen LogP contribution is -2.17. The van der Waals surface area contributed by atoms with Gasteiger partial charge in [-0.15, -0.1) is 0 Å². The maximum atomic E-state index is 12.9. The number of hydrogen-bond donors (Lipinski definition) is 1. The Balaban J connectivity index is 1.62. The first-order valence-electron chi connectivity index (χ1n) is 9.43. The molecule has 0 saturated carbocycles. The van der Waals surface area contributed by atoms with Gasteiger partial charge in [0, 0.05) is 43.0 Å². The molecule has 0 aliphatic carbocycles. The van der Waals surface area contributed by atoms with Crippen LogP contribution in [0.4, 0.5) is 11.4 Å². The number of nitrogens with one attached hydrogen (secondary N) is 1. The first-order valence-corrected chi connectivity index (χ1v) is 9.43. The predicted octanol–water partition coefficient (Wildman–Crippen LogP) is 4.16. The number of anilines is 2. The van der Waals surface area contributed by atoms with Crippen LogP contribution in [-0.4, -0.2) is 36.6 Å². The van der Waals surface area contributed by atoms with Crippen molar-refractivity contribution in [3.8, 4) is 5.75 Å². The Labute approximate surface area is 163 Å². The highest BCUT2D eigenvalue weighted by Gasteiger charge is 2.18. The topological polar surface area (TPSA) is 63.6 Å². The first kappa shape index (κ1) is 18.1. The second kappa shape index (κ2) is 7.38. The highest BCUT2D eigenvalue weighted by molar-refractivity contribution is 6.14. The van der Waals surface area contributed by atoms with E-state index < -0.39 is 0 Å². The molecule has 28 heavy (non-hydrogen) atoms. The summed E-state index contributed by atoms with van der Waals surface area (Å²) in [6.07, 6.45) is 4.03. The van der Waals surface area contributed by atoms with E-state index >= 15 is 0 Å². The monoisotopic (exact) mass is 377 g/mol. The van der Waals surface area contributed by atoms with E-state index in [4.69, 9.17) is 4.74 Å². The summed E-state index contributed by atoms with van der Waals surface area (Å²) in [5.41, 5.74) is 3.02. The van der Waals surface area contributed by atoms with Crippen LogP contribution in [0.25, 0.3) is 10.9 Å². The molecule has 2 heterocycles. The van der Waals surface area contributed by atoms with Gasteiger partial charge in [-0.25, -0.2) is 0 Å². The van der Waals surface area contributed by atoms with Crippen molar-refractivity contribution in [2.45, 2.75) is 19.8 Å². The SMILES string of the molecule is COc1ccc2c(c1)c(C(=O)Nc1ccc(N3CCCC3)cc1)cn2C(C)=O. The fourth-order valence-corrected chi connectivity index (χ4v) is 3.71. The Bertz CT molecular complexity index is 1030. The second-order valence-electron chi connectivity index (χ2n) is 7.01. The summed E-state index contributed by atoms with van der Waals surface area (Å²) in [6.45, 7) is 3.64. The van der Waals surface area contributed by atoms with Crippen LogP contribution in [0.3, 0.4) is 0 Å². The molecular weight excluding hydrogens is 354 g/mol. The largest absolute Gasteiger partial charge is 0.497 e. The number of fused-ring (bicyclic) bond motifs is 1. The van der Waals surface area contributed by atoms with Gasteiger partial charge < -0.3 is 15.0 Å². The van der Waals surface area contributed by atoms with Gasteiger partial charge in [-0.1, -0.05) is 0 Å². The van der Waals surface area contributed by atoms with Crippen LogP contribution in [0.15, 0.2) is 48.7 Å². The van der Waals surface area contributed by atoms with E-state index in [9.17, 15) is 9.59 Å². The summed E-state index contributed by atoms with van der Waals surface area (Å²) in [5, 5.41) is 3.62. The average Bonchev–Trinajstić information content (AvgIpc) is 3.36. The highest BCUT2D eigenvalue weighted by Crippen LogP contribution is 2.27. The Morgan fingerprint density at radius 1 is 1.04 bits per heavy atom. The molecule has 0 radical (unpaired) electrons. The number of rotatable bonds is 4. The summed E-state index contributed by atoms with van der Waals surface area (Å²) in [4.78, 5) is 27.2. The van der Waals surface area contributed by atoms with Crippen LogP contribution in [0.1, 0.15) is 34.9 Å². The minimum absolute atomic E-state index is 0.149. The Morgan fingerprint density at radius 3 is 2.39 bits per heavy atom. The normalized spacial score (nSPS) is 13.7. The Hall–Kier alpha value is -3.28. The number of aromatic nitrogens is 1. The fourth-order valence-electron chi connectivity index (χ4n) is 3.71. The van der Waals surface area contributed by atoms with Gasteiger partial charge in [0.25, 0.3) is 5.91 Å². The summed E-state index contributed by atoms with van der Waals surface area (Å²) < 4.78 is 6.76. The zero-order valence-electron chi connectivity index (χ0n) is 16.1. The number of nitrogens with zero attached hydrogens (tertiary/aromatic N) is 2. The van der Waals surface area contributed by atoms with E-state index in [-0.39, 0.29) is 11.8 Å². The van der Waals surface area contributed by atoms with Crippen LogP contribution in [0, 0.1) is 0 Å². The molecule has 144 valence electrons. The van der Waals surface area contributed by atoms with Crippen molar-refractivity contribution in [2.75, 3.05) is 30.4 Å². The van der Waals surface area contributed by atoms with Crippen molar-refractivity contribution in [1.82, 2.24) is 4.57 Å². The quantitative estimate of drug-likeness (QED) is 0.741. The molecule has 0 unspecified atom stereocenters. The third-order valence-electron chi connectivity index (χ3n) is 5.19. The van der Waals surface area contributed by atoms with Crippen LogP contribution in [0.5, 0.6) is 5.75 Å². The molecule has 1 aliphatic rings. The molecule has 0 atom stereocenters. The molecular formula is C22H23N3O3. The van der Waals surface area contributed by atoms with Crippen LogP contribution in [0.2, 0.25) is 0 Å². The fraction of sp³-hybridized carbons (Fsp3) is 0.273. The number of amides is 1. The first-order chi connectivity index (χ1) is 13.6. The molecule has 4 rings (SSSR count). The molecule has 1 N–H and O–H groups in total. The van der Waals surface area contributed by atoms with E-state index in [1.807, 2.05) is 24.3 Å². The maximum Gasteiger partial charge on any atom is 0.257 e. The van der Waals surface area contributed by atoms with Gasteiger partial charge in [-0.2, -0.15) is 0 Å². The van der Waals surface area contributed by atoms with Crippen LogP contribution in [-0.2, 0) is 0 Å². The Kier molecular flexibility index (Phi) is 4.77. The molecule has 1 amide bonds. The van der Waals surface area contributed by atoms with Gasteiger partial charge in [0.1, 0.15) is 5.75 Å². The number of carbonyl (C=O) groups is 2. The van der Waals surface area contributed by atoms with Gasteiger partial charge in [0.15, 0.2) is 0 Å². The molecule has 3 aromatic rings. The lowest BCUT2D eigenvalue weighted by atomic mass is 10.1. The maximum absolute atomic E-state index is 12.9. The lowest BCUT2D eigenvalue weighted by Gasteiger charge is -2.17. The van der Waals surface area contributed by atoms with Crippen LogP contribution >= 0.6 is 0 Å². The van der Waals surface area contributed by atoms with Gasteiger partial charge in [0.2, 0.25) is 5.91 Å². The van der Waals surface area contributed by atoms with E-state index in [1.54, 1.807) is 31.5 Å². The predicted molar refractivity (Wildman–Crippen MR) is 111 cm³/mol. The third kappa shape index (κ3) is 3.33. The molecule has 1 aromatic heterocycles. The number of carbonyl (C=O) groups excluding carboxylic acids is 2. The van der Waals surface area contributed by atoms with E-state index in [0.29, 0.717) is 22.2 Å². The molecule has 0 spiro atoms. The van der Waals surface area contributed by atoms with Crippen molar-refractivity contribution in [3.05, 3.63) is 54.2 Å². The summed E-state index contributed by atoms with van der Waals surface area (Å²) in [6, 6.07) is 13.2. The average molecular weight is 377 g/mol. The summed E-state index contributed by atoms with van der Waals surface area (Å²) in [7, 11) is 1.57. The number of ether oxygens (including phenoxy) is 1. The summed E-state index contributed by atoms with van der Waals surface area (Å²) in [5.74, 6) is 0.231. The molecule has 1 aliphatic heterocycles. The van der Waals surface area contributed by atoms with Gasteiger partial charge in [-0.05, 0) is 55.3 Å². The molecule has 6 nitrogen and oxygen atoms in total. The second-order valence-corrected chi connectivity index (χ2v) is 7.01. The number of hydrogen-bond acceptors (Lipinski definition) is 4. The van der Waals surface area contributed by atoms with Gasteiger partial charge in [0.05, 0.1) is 18.2 Å². The standard InChI is InChI=1S/C22H23N3O3/c1-15(26)25-14-20(19-13-18(28-2)9-10-21(19)25)22(27)23-16-5-7-17(8-6-16)24-11-3-4-12-24/h5-10,13-14H,3-4,11-12H2,1-2H3,(H,23,27). The van der Waals surface area contributed by atoms with Crippen molar-refractivity contribution in [2.24, 2.45) is 0 Å². The summed E-state index contributed by atoms with van der Waals surface area (Å²) >= 11 is 0.